The maximum absolute atomic E-state index is 10.4. The average Bonchev–Trinajstić information content (AvgIpc) is 2.58. The van der Waals surface area contributed by atoms with Crippen molar-refractivity contribution in [3.8, 4) is 0 Å². The van der Waals surface area contributed by atoms with Crippen molar-refractivity contribution in [1.82, 2.24) is 0 Å². The molecule has 68 valence electrons. The Kier molecular flexibility index (Phi) is 2.13. The Morgan fingerprint density at radius 2 is 1.58 bits per heavy atom. The molecule has 12 heavy (non-hydrogen) atoms. The van der Waals surface area contributed by atoms with Crippen molar-refractivity contribution >= 4 is 27.9 Å². The van der Waals surface area contributed by atoms with E-state index in [9.17, 15) is 9.59 Å². The summed E-state index contributed by atoms with van der Waals surface area (Å²) in [6, 6.07) is 0. The van der Waals surface area contributed by atoms with Crippen LogP contribution in [0.25, 0.3) is 0 Å². The first kappa shape index (κ1) is 9.47. The van der Waals surface area contributed by atoms with Gasteiger partial charge < -0.3 is 15.3 Å². The highest BCUT2D eigenvalue weighted by Crippen LogP contribution is 2.57. The van der Waals surface area contributed by atoms with E-state index < -0.39 is 34.7 Å². The van der Waals surface area contributed by atoms with Crippen LogP contribution < -0.4 is 0 Å². The zero-order chi connectivity index (χ0) is 9.52. The molecule has 0 spiro atoms. The van der Waals surface area contributed by atoms with Crippen LogP contribution in [0.3, 0.4) is 0 Å². The smallest absolute Gasteiger partial charge is 0.308 e. The fourth-order valence-corrected chi connectivity index (χ4v) is 2.09. The van der Waals surface area contributed by atoms with E-state index in [4.69, 9.17) is 15.3 Å². The van der Waals surface area contributed by atoms with Crippen molar-refractivity contribution in [2.75, 3.05) is 6.61 Å². The third-order valence-corrected chi connectivity index (χ3v) is 3.27. The lowest BCUT2D eigenvalue weighted by molar-refractivity contribution is -0.144. The third kappa shape index (κ3) is 1.11. The van der Waals surface area contributed by atoms with Gasteiger partial charge in [-0.25, -0.2) is 0 Å². The minimum Gasteiger partial charge on any atom is -0.481 e. The second-order valence-corrected chi connectivity index (χ2v) is 4.19. The Hall–Kier alpha value is -0.620. The van der Waals surface area contributed by atoms with Gasteiger partial charge in [0.25, 0.3) is 0 Å². The lowest BCUT2D eigenvalue weighted by Crippen LogP contribution is -2.15. The van der Waals surface area contributed by atoms with Crippen LogP contribution in [0.2, 0.25) is 0 Å². The normalized spacial score (nSPS) is 39.2. The number of aliphatic hydroxyl groups is 1. The van der Waals surface area contributed by atoms with Gasteiger partial charge in [0.15, 0.2) is 0 Å². The summed E-state index contributed by atoms with van der Waals surface area (Å²) in [4.78, 5) is 20.9. The minimum absolute atomic E-state index is 0.485. The summed E-state index contributed by atoms with van der Waals surface area (Å²) in [6.07, 6.45) is 0. The average molecular weight is 239 g/mol. The van der Waals surface area contributed by atoms with Crippen molar-refractivity contribution in [1.29, 1.82) is 0 Å². The van der Waals surface area contributed by atoms with E-state index in [1.165, 1.54) is 0 Å². The highest BCUT2D eigenvalue weighted by Gasteiger charge is 2.71. The number of alkyl halides is 1. The molecule has 0 radical (unpaired) electrons. The monoisotopic (exact) mass is 238 g/mol. The Labute approximate surface area is 76.1 Å². The maximum atomic E-state index is 10.4. The van der Waals surface area contributed by atoms with Gasteiger partial charge in [-0.15, -0.1) is 0 Å². The van der Waals surface area contributed by atoms with Gasteiger partial charge in [-0.05, 0) is 0 Å². The quantitative estimate of drug-likeness (QED) is 0.578. The van der Waals surface area contributed by atoms with E-state index in [2.05, 4.69) is 15.9 Å². The number of aliphatic hydroxyl groups excluding tert-OH is 1. The molecule has 5 nitrogen and oxygen atoms in total. The van der Waals surface area contributed by atoms with Crippen LogP contribution >= 0.6 is 15.9 Å². The van der Waals surface area contributed by atoms with Crippen molar-refractivity contribution in [3.05, 3.63) is 0 Å². The van der Waals surface area contributed by atoms with Crippen molar-refractivity contribution in [2.45, 2.75) is 4.32 Å². The van der Waals surface area contributed by atoms with Crippen molar-refractivity contribution in [2.24, 2.45) is 11.8 Å². The number of carboxylic acid groups (broad SMARTS) is 2. The van der Waals surface area contributed by atoms with Crippen LogP contribution in [0.1, 0.15) is 0 Å². The lowest BCUT2D eigenvalue weighted by atomic mass is 10.3. The molecule has 1 fully saturated rings. The molecule has 0 saturated heterocycles. The van der Waals surface area contributed by atoms with Crippen LogP contribution in [-0.2, 0) is 9.59 Å². The number of hydrogen-bond donors (Lipinski definition) is 3. The van der Waals surface area contributed by atoms with Crippen LogP contribution in [0.15, 0.2) is 0 Å². The summed E-state index contributed by atoms with van der Waals surface area (Å²) in [5.74, 6) is -4.46. The van der Waals surface area contributed by atoms with Crippen molar-refractivity contribution in [3.63, 3.8) is 0 Å². The SMILES string of the molecule is O=C(O)[C@H]1[C@H](C(=O)O)C1(Br)CO. The molecule has 0 aromatic heterocycles. The van der Waals surface area contributed by atoms with E-state index in [0.29, 0.717) is 0 Å². The summed E-state index contributed by atoms with van der Waals surface area (Å²) >= 11 is 2.91. The predicted molar refractivity (Wildman–Crippen MR) is 41.0 cm³/mol. The Morgan fingerprint density at radius 3 is 1.67 bits per heavy atom. The molecule has 6 heteroatoms. The second kappa shape index (κ2) is 2.70. The fourth-order valence-electron chi connectivity index (χ4n) is 1.30. The number of hydrogen-bond acceptors (Lipinski definition) is 3. The molecule has 1 saturated carbocycles. The molecule has 1 aliphatic carbocycles. The van der Waals surface area contributed by atoms with Gasteiger partial charge in [-0.2, -0.15) is 0 Å². The maximum Gasteiger partial charge on any atom is 0.308 e. The van der Waals surface area contributed by atoms with Gasteiger partial charge in [0.2, 0.25) is 0 Å². The fraction of sp³-hybridized carbons (Fsp3) is 0.667. The number of halogens is 1. The molecule has 0 aromatic carbocycles. The number of carbonyl (C=O) groups is 2. The van der Waals surface area contributed by atoms with Gasteiger partial charge in [-0.1, -0.05) is 15.9 Å². The van der Waals surface area contributed by atoms with Crippen LogP contribution in [-0.4, -0.2) is 38.2 Å². The van der Waals surface area contributed by atoms with Gasteiger partial charge in [0.05, 0.1) is 22.8 Å². The zero-order valence-electron chi connectivity index (χ0n) is 5.90. The summed E-state index contributed by atoms with van der Waals surface area (Å²) in [7, 11) is 0. The summed E-state index contributed by atoms with van der Waals surface area (Å²) < 4.78 is -1.16. The first-order valence-electron chi connectivity index (χ1n) is 3.20. The van der Waals surface area contributed by atoms with E-state index in [1.54, 1.807) is 0 Å². The van der Waals surface area contributed by atoms with Gasteiger partial charge in [-0.3, -0.25) is 9.59 Å². The van der Waals surface area contributed by atoms with Crippen LogP contribution in [0.5, 0.6) is 0 Å². The molecule has 0 aromatic rings. The molecule has 3 N–H and O–H groups in total. The van der Waals surface area contributed by atoms with Gasteiger partial charge >= 0.3 is 11.9 Å². The third-order valence-electron chi connectivity index (χ3n) is 2.03. The number of rotatable bonds is 3. The molecule has 1 aliphatic rings. The minimum atomic E-state index is -1.20. The molecule has 0 unspecified atom stereocenters. The number of carboxylic acids is 2. The van der Waals surface area contributed by atoms with E-state index >= 15 is 0 Å². The van der Waals surface area contributed by atoms with E-state index in [1.807, 2.05) is 0 Å². The molecule has 0 bridgehead atoms. The topological polar surface area (TPSA) is 94.8 Å². The van der Waals surface area contributed by atoms with Crippen LogP contribution in [0, 0.1) is 11.8 Å². The molecule has 2 atom stereocenters. The van der Waals surface area contributed by atoms with E-state index in [-0.39, 0.29) is 0 Å². The van der Waals surface area contributed by atoms with Gasteiger partial charge in [0, 0.05) is 0 Å². The summed E-state index contributed by atoms with van der Waals surface area (Å²) in [6.45, 7) is -0.485. The standard InChI is InChI=1S/C6H7BrO5/c7-6(1-8)2(4(9)10)3(6)5(11)12/h2-3,8H,1H2,(H,9,10)(H,11,12)/t2-,3-/m1/s1. The van der Waals surface area contributed by atoms with Crippen molar-refractivity contribution < 1.29 is 24.9 Å². The Bertz CT molecular complexity index is 218. The molecule has 0 amide bonds. The molecular formula is C6H7BrO5. The summed E-state index contributed by atoms with van der Waals surface area (Å²) in [5, 5.41) is 25.8. The zero-order valence-corrected chi connectivity index (χ0v) is 7.48. The second-order valence-electron chi connectivity index (χ2n) is 2.72. The highest BCUT2D eigenvalue weighted by atomic mass is 79.9. The molecular weight excluding hydrogens is 232 g/mol. The largest absolute Gasteiger partial charge is 0.481 e. The Morgan fingerprint density at radius 1 is 1.25 bits per heavy atom. The first-order chi connectivity index (χ1) is 5.45. The predicted octanol–water partition coefficient (Wildman–Crippen LogP) is -0.472. The molecule has 0 aliphatic heterocycles. The van der Waals surface area contributed by atoms with E-state index in [0.717, 1.165) is 0 Å². The lowest BCUT2D eigenvalue weighted by Gasteiger charge is -1.99. The van der Waals surface area contributed by atoms with Crippen LogP contribution in [0.4, 0.5) is 0 Å². The van der Waals surface area contributed by atoms with Gasteiger partial charge in [0.1, 0.15) is 0 Å². The Balaban J connectivity index is 2.81. The summed E-state index contributed by atoms with van der Waals surface area (Å²) in [5.41, 5.74) is 0. The number of aliphatic carboxylic acids is 2. The first-order valence-corrected chi connectivity index (χ1v) is 4.00. The highest BCUT2D eigenvalue weighted by molar-refractivity contribution is 9.10. The molecule has 0 heterocycles. The molecule has 1 rings (SSSR count).